The highest BCUT2D eigenvalue weighted by molar-refractivity contribution is 5.85. The zero-order valence-corrected chi connectivity index (χ0v) is 10.8. The lowest BCUT2D eigenvalue weighted by Crippen LogP contribution is -2.33. The van der Waals surface area contributed by atoms with E-state index in [1.165, 1.54) is 0 Å². The number of carboxylic acids is 1. The third-order valence-corrected chi connectivity index (χ3v) is 3.16. The van der Waals surface area contributed by atoms with Crippen molar-refractivity contribution in [1.82, 2.24) is 5.32 Å². The van der Waals surface area contributed by atoms with E-state index in [2.05, 4.69) is 5.32 Å². The van der Waals surface area contributed by atoms with Crippen molar-refractivity contribution in [1.29, 1.82) is 0 Å². The van der Waals surface area contributed by atoms with E-state index in [1.54, 1.807) is 6.92 Å². The van der Waals surface area contributed by atoms with Crippen molar-refractivity contribution in [2.24, 2.45) is 5.92 Å². The first-order chi connectivity index (χ1) is 9.08. The van der Waals surface area contributed by atoms with Crippen LogP contribution >= 0.6 is 0 Å². The molecule has 0 fully saturated rings. The lowest BCUT2D eigenvalue weighted by atomic mass is 10.00. The summed E-state index contributed by atoms with van der Waals surface area (Å²) in [7, 11) is 0. The number of carbonyl (C=O) groups excluding carboxylic acids is 1. The van der Waals surface area contributed by atoms with Gasteiger partial charge in [-0.1, -0.05) is 25.1 Å². The van der Waals surface area contributed by atoms with Gasteiger partial charge in [-0.2, -0.15) is 0 Å². The van der Waals surface area contributed by atoms with E-state index < -0.39 is 5.97 Å². The van der Waals surface area contributed by atoms with Gasteiger partial charge in [-0.3, -0.25) is 9.59 Å². The first-order valence-corrected chi connectivity index (χ1v) is 6.29. The van der Waals surface area contributed by atoms with Crippen LogP contribution in [0.2, 0.25) is 0 Å². The number of rotatable bonds is 5. The normalized spacial score (nSPS) is 18.3. The van der Waals surface area contributed by atoms with Gasteiger partial charge in [0.1, 0.15) is 18.3 Å². The van der Waals surface area contributed by atoms with Gasteiger partial charge in [0.05, 0.1) is 0 Å². The molecule has 2 atom stereocenters. The molecule has 1 aliphatic heterocycles. The number of benzene rings is 1. The minimum atomic E-state index is -0.851. The van der Waals surface area contributed by atoms with E-state index in [-0.39, 0.29) is 24.2 Å². The molecule has 1 amide bonds. The van der Waals surface area contributed by atoms with Crippen LogP contribution in [0.4, 0.5) is 0 Å². The Balaban J connectivity index is 1.90. The van der Waals surface area contributed by atoms with Crippen LogP contribution in [-0.2, 0) is 9.59 Å². The number of hydrogen-bond donors (Lipinski definition) is 2. The quantitative estimate of drug-likeness (QED) is 0.841. The summed E-state index contributed by atoms with van der Waals surface area (Å²) in [5, 5.41) is 11.4. The van der Waals surface area contributed by atoms with E-state index in [0.717, 1.165) is 11.3 Å². The van der Waals surface area contributed by atoms with Gasteiger partial charge in [0, 0.05) is 18.5 Å². The van der Waals surface area contributed by atoms with Crippen LogP contribution in [0.3, 0.4) is 0 Å². The monoisotopic (exact) mass is 263 g/mol. The third kappa shape index (κ3) is 3.24. The summed E-state index contributed by atoms with van der Waals surface area (Å²) in [6.07, 6.45) is 0.0536. The molecule has 19 heavy (non-hydrogen) atoms. The Hall–Kier alpha value is -2.04. The third-order valence-electron chi connectivity index (χ3n) is 3.16. The van der Waals surface area contributed by atoms with Crippen LogP contribution in [0.5, 0.6) is 5.75 Å². The molecular weight excluding hydrogens is 246 g/mol. The molecule has 0 aliphatic carbocycles. The van der Waals surface area contributed by atoms with E-state index >= 15 is 0 Å². The highest BCUT2D eigenvalue weighted by Gasteiger charge is 2.29. The van der Waals surface area contributed by atoms with Gasteiger partial charge in [-0.15, -0.1) is 0 Å². The summed E-state index contributed by atoms with van der Waals surface area (Å²) >= 11 is 0. The second kappa shape index (κ2) is 5.73. The second-order valence-corrected chi connectivity index (χ2v) is 4.85. The Morgan fingerprint density at radius 1 is 1.47 bits per heavy atom. The molecule has 0 saturated carbocycles. The molecular formula is C14H17NO4. The average molecular weight is 263 g/mol. The van der Waals surface area contributed by atoms with Crippen molar-refractivity contribution >= 4 is 11.9 Å². The minimum Gasteiger partial charge on any atom is -0.492 e. The van der Waals surface area contributed by atoms with Crippen molar-refractivity contribution in [2.45, 2.75) is 19.3 Å². The Morgan fingerprint density at radius 3 is 2.95 bits per heavy atom. The molecule has 5 heteroatoms. The molecule has 2 N–H and O–H groups in total. The Kier molecular flexibility index (Phi) is 4.04. The number of aliphatic carboxylic acids is 1. The molecule has 0 bridgehead atoms. The zero-order chi connectivity index (χ0) is 13.8. The molecule has 0 saturated heterocycles. The Morgan fingerprint density at radius 2 is 2.21 bits per heavy atom. The van der Waals surface area contributed by atoms with Gasteiger partial charge in [0.15, 0.2) is 0 Å². The Bertz CT molecular complexity index is 486. The fourth-order valence-electron chi connectivity index (χ4n) is 2.15. The predicted molar refractivity (Wildman–Crippen MR) is 69.1 cm³/mol. The second-order valence-electron chi connectivity index (χ2n) is 4.85. The lowest BCUT2D eigenvalue weighted by Gasteiger charge is -2.13. The number of amides is 1. The van der Waals surface area contributed by atoms with Crippen LogP contribution < -0.4 is 10.1 Å². The van der Waals surface area contributed by atoms with Crippen molar-refractivity contribution in [3.8, 4) is 5.75 Å². The maximum absolute atomic E-state index is 12.1. The molecule has 0 radical (unpaired) electrons. The molecule has 0 unspecified atom stereocenters. The molecule has 1 aromatic rings. The first kappa shape index (κ1) is 13.4. The number of hydrogen-bond acceptors (Lipinski definition) is 3. The van der Waals surface area contributed by atoms with E-state index in [0.29, 0.717) is 13.2 Å². The molecule has 2 rings (SSSR count). The van der Waals surface area contributed by atoms with Crippen molar-refractivity contribution < 1.29 is 19.4 Å². The molecule has 0 aromatic heterocycles. The smallest absolute Gasteiger partial charge is 0.303 e. The highest BCUT2D eigenvalue weighted by Crippen LogP contribution is 2.33. The molecule has 1 aromatic carbocycles. The number of fused-ring (bicyclic) bond motifs is 1. The zero-order valence-electron chi connectivity index (χ0n) is 10.8. The van der Waals surface area contributed by atoms with Gasteiger partial charge in [0.2, 0.25) is 5.91 Å². The SMILES string of the molecule is C[C@@H](CNC(=O)[C@H]1COc2ccccc21)CC(=O)O. The summed E-state index contributed by atoms with van der Waals surface area (Å²) in [6, 6.07) is 7.47. The highest BCUT2D eigenvalue weighted by atomic mass is 16.5. The van der Waals surface area contributed by atoms with E-state index in [1.807, 2.05) is 24.3 Å². The number of ether oxygens (including phenoxy) is 1. The van der Waals surface area contributed by atoms with Gasteiger partial charge in [-0.05, 0) is 12.0 Å². The fraction of sp³-hybridized carbons (Fsp3) is 0.429. The molecule has 1 heterocycles. The minimum absolute atomic E-state index is 0.0536. The van der Waals surface area contributed by atoms with Gasteiger partial charge >= 0.3 is 5.97 Å². The van der Waals surface area contributed by atoms with Crippen LogP contribution in [-0.4, -0.2) is 30.1 Å². The molecule has 0 spiro atoms. The maximum Gasteiger partial charge on any atom is 0.303 e. The van der Waals surface area contributed by atoms with Crippen LogP contribution in [0.25, 0.3) is 0 Å². The molecule has 102 valence electrons. The number of para-hydroxylation sites is 1. The fourth-order valence-corrected chi connectivity index (χ4v) is 2.15. The van der Waals surface area contributed by atoms with E-state index in [4.69, 9.17) is 9.84 Å². The van der Waals surface area contributed by atoms with Crippen LogP contribution in [0.1, 0.15) is 24.8 Å². The number of carbonyl (C=O) groups is 2. The predicted octanol–water partition coefficient (Wildman–Crippen LogP) is 1.39. The number of nitrogens with one attached hydrogen (secondary N) is 1. The van der Waals surface area contributed by atoms with Gasteiger partial charge in [-0.25, -0.2) is 0 Å². The van der Waals surface area contributed by atoms with Gasteiger partial charge in [0.25, 0.3) is 0 Å². The first-order valence-electron chi connectivity index (χ1n) is 6.29. The number of carboxylic acid groups (broad SMARTS) is 1. The summed E-state index contributed by atoms with van der Waals surface area (Å²) in [4.78, 5) is 22.6. The lowest BCUT2D eigenvalue weighted by molar-refractivity contribution is -0.138. The van der Waals surface area contributed by atoms with Crippen molar-refractivity contribution in [2.75, 3.05) is 13.2 Å². The summed E-state index contributed by atoms with van der Waals surface area (Å²) in [5.74, 6) is -0.591. The standard InChI is InChI=1S/C14H17NO4/c1-9(6-13(16)17)7-15-14(18)11-8-19-12-5-3-2-4-10(11)12/h2-5,9,11H,6-8H2,1H3,(H,15,18)(H,16,17)/t9-,11+/m1/s1. The maximum atomic E-state index is 12.1. The van der Waals surface area contributed by atoms with Gasteiger partial charge < -0.3 is 15.2 Å². The topological polar surface area (TPSA) is 75.6 Å². The van der Waals surface area contributed by atoms with Crippen LogP contribution in [0.15, 0.2) is 24.3 Å². The summed E-state index contributed by atoms with van der Waals surface area (Å²) in [6.45, 7) is 2.51. The van der Waals surface area contributed by atoms with Crippen molar-refractivity contribution in [3.63, 3.8) is 0 Å². The average Bonchev–Trinajstić information content (AvgIpc) is 2.79. The van der Waals surface area contributed by atoms with Crippen LogP contribution in [0, 0.1) is 5.92 Å². The molecule has 1 aliphatic rings. The summed E-state index contributed by atoms with van der Waals surface area (Å²) < 4.78 is 5.45. The van der Waals surface area contributed by atoms with Crippen molar-refractivity contribution in [3.05, 3.63) is 29.8 Å². The molecule has 5 nitrogen and oxygen atoms in total. The largest absolute Gasteiger partial charge is 0.492 e. The summed E-state index contributed by atoms with van der Waals surface area (Å²) in [5.41, 5.74) is 0.894. The Labute approximate surface area is 111 Å². The van der Waals surface area contributed by atoms with E-state index in [9.17, 15) is 9.59 Å².